The molecule has 0 aromatic carbocycles. The van der Waals surface area contributed by atoms with Gasteiger partial charge in [0.05, 0.1) is 6.42 Å². The first-order valence-electron chi connectivity index (χ1n) is 6.14. The van der Waals surface area contributed by atoms with E-state index in [-0.39, 0.29) is 17.5 Å². The molecule has 0 aliphatic heterocycles. The zero-order chi connectivity index (χ0) is 10.7. The summed E-state index contributed by atoms with van der Waals surface area (Å²) in [6, 6.07) is 0. The van der Waals surface area contributed by atoms with Crippen molar-refractivity contribution in [2.24, 2.45) is 11.1 Å². The Morgan fingerprint density at radius 1 is 1.27 bits per heavy atom. The summed E-state index contributed by atoms with van der Waals surface area (Å²) in [5.41, 5.74) is 5.81. The fraction of sp³-hybridized carbons (Fsp3) is 0.917. The van der Waals surface area contributed by atoms with Crippen LogP contribution in [0.25, 0.3) is 0 Å². The van der Waals surface area contributed by atoms with Gasteiger partial charge in [-0.3, -0.25) is 4.79 Å². The first kappa shape index (κ1) is 10.9. The van der Waals surface area contributed by atoms with Crippen molar-refractivity contribution in [3.63, 3.8) is 0 Å². The van der Waals surface area contributed by atoms with Crippen molar-refractivity contribution in [2.75, 3.05) is 6.54 Å². The molecule has 86 valence electrons. The standard InChI is InChI=1S/C12H21NO2/c13-9-12(6-3-7-12)8-11(14)15-10-4-1-2-5-10/h10H,1-9,13H2. The molecular weight excluding hydrogens is 190 g/mol. The summed E-state index contributed by atoms with van der Waals surface area (Å²) < 4.78 is 5.45. The van der Waals surface area contributed by atoms with Crippen molar-refractivity contribution >= 4 is 5.97 Å². The van der Waals surface area contributed by atoms with E-state index in [0.29, 0.717) is 13.0 Å². The quantitative estimate of drug-likeness (QED) is 0.723. The zero-order valence-electron chi connectivity index (χ0n) is 9.34. The lowest BCUT2D eigenvalue weighted by atomic mass is 9.67. The van der Waals surface area contributed by atoms with E-state index in [1.54, 1.807) is 0 Å². The highest BCUT2D eigenvalue weighted by Gasteiger charge is 2.38. The van der Waals surface area contributed by atoms with Gasteiger partial charge in [-0.15, -0.1) is 0 Å². The Morgan fingerprint density at radius 3 is 2.40 bits per heavy atom. The van der Waals surface area contributed by atoms with Crippen LogP contribution in [0.1, 0.15) is 51.4 Å². The third-order valence-electron chi connectivity index (χ3n) is 3.97. The lowest BCUT2D eigenvalue weighted by Crippen LogP contribution is -2.39. The minimum Gasteiger partial charge on any atom is -0.462 e. The molecule has 2 N–H and O–H groups in total. The van der Waals surface area contributed by atoms with Crippen LogP contribution in [0.4, 0.5) is 0 Å². The van der Waals surface area contributed by atoms with Gasteiger partial charge in [-0.1, -0.05) is 6.42 Å². The van der Waals surface area contributed by atoms with Crippen molar-refractivity contribution in [3.8, 4) is 0 Å². The van der Waals surface area contributed by atoms with Gasteiger partial charge in [-0.05, 0) is 50.5 Å². The van der Waals surface area contributed by atoms with Gasteiger partial charge in [0.25, 0.3) is 0 Å². The molecule has 3 heteroatoms. The molecule has 0 radical (unpaired) electrons. The van der Waals surface area contributed by atoms with Gasteiger partial charge in [-0.2, -0.15) is 0 Å². The normalized spacial score (nSPS) is 24.9. The van der Waals surface area contributed by atoms with Gasteiger partial charge in [0.1, 0.15) is 6.10 Å². The first-order chi connectivity index (χ1) is 7.24. The molecule has 3 nitrogen and oxygen atoms in total. The minimum absolute atomic E-state index is 0.0212. The Kier molecular flexibility index (Phi) is 3.29. The predicted molar refractivity (Wildman–Crippen MR) is 58.3 cm³/mol. The molecule has 0 atom stereocenters. The third kappa shape index (κ3) is 2.51. The van der Waals surface area contributed by atoms with E-state index in [0.717, 1.165) is 25.7 Å². The van der Waals surface area contributed by atoms with Gasteiger partial charge in [0.15, 0.2) is 0 Å². The van der Waals surface area contributed by atoms with E-state index < -0.39 is 0 Å². The largest absolute Gasteiger partial charge is 0.462 e. The van der Waals surface area contributed by atoms with Crippen LogP contribution in [0.2, 0.25) is 0 Å². The van der Waals surface area contributed by atoms with Crippen LogP contribution >= 0.6 is 0 Å². The summed E-state index contributed by atoms with van der Waals surface area (Å²) in [5, 5.41) is 0. The number of rotatable bonds is 4. The van der Waals surface area contributed by atoms with E-state index >= 15 is 0 Å². The highest BCUT2D eigenvalue weighted by atomic mass is 16.5. The van der Waals surface area contributed by atoms with Crippen molar-refractivity contribution in [1.82, 2.24) is 0 Å². The van der Waals surface area contributed by atoms with Crippen molar-refractivity contribution in [2.45, 2.75) is 57.5 Å². The number of esters is 1. The second kappa shape index (κ2) is 4.52. The smallest absolute Gasteiger partial charge is 0.306 e. The highest BCUT2D eigenvalue weighted by Crippen LogP contribution is 2.43. The van der Waals surface area contributed by atoms with Crippen molar-refractivity contribution < 1.29 is 9.53 Å². The van der Waals surface area contributed by atoms with Gasteiger partial charge >= 0.3 is 5.97 Å². The van der Waals surface area contributed by atoms with E-state index in [1.165, 1.54) is 19.3 Å². The molecule has 2 saturated carbocycles. The van der Waals surface area contributed by atoms with Crippen LogP contribution in [0.3, 0.4) is 0 Å². The molecule has 0 saturated heterocycles. The maximum Gasteiger partial charge on any atom is 0.306 e. The summed E-state index contributed by atoms with van der Waals surface area (Å²) in [7, 11) is 0. The Hall–Kier alpha value is -0.570. The summed E-state index contributed by atoms with van der Waals surface area (Å²) in [6.07, 6.45) is 8.69. The minimum atomic E-state index is -0.0212. The second-order valence-corrected chi connectivity index (χ2v) is 5.13. The number of nitrogens with two attached hydrogens (primary N) is 1. The molecule has 2 fully saturated rings. The topological polar surface area (TPSA) is 52.3 Å². The van der Waals surface area contributed by atoms with E-state index in [4.69, 9.17) is 10.5 Å². The van der Waals surface area contributed by atoms with Crippen LogP contribution in [-0.2, 0) is 9.53 Å². The Balaban J connectivity index is 1.76. The fourth-order valence-corrected chi connectivity index (χ4v) is 2.67. The number of carbonyl (C=O) groups excluding carboxylic acids is 1. The molecule has 2 rings (SSSR count). The Bertz CT molecular complexity index is 224. The van der Waals surface area contributed by atoms with E-state index in [1.807, 2.05) is 0 Å². The molecule has 15 heavy (non-hydrogen) atoms. The molecule has 0 aromatic rings. The lowest BCUT2D eigenvalue weighted by molar-refractivity contribution is -0.153. The summed E-state index contributed by atoms with van der Waals surface area (Å²) in [4.78, 5) is 11.7. The zero-order valence-corrected chi connectivity index (χ0v) is 9.34. The van der Waals surface area contributed by atoms with Gasteiger partial charge in [0, 0.05) is 0 Å². The molecule has 0 amide bonds. The third-order valence-corrected chi connectivity index (χ3v) is 3.97. The maximum absolute atomic E-state index is 11.7. The molecule has 0 bridgehead atoms. The molecule has 0 heterocycles. The molecule has 2 aliphatic rings. The van der Waals surface area contributed by atoms with Crippen LogP contribution in [0.15, 0.2) is 0 Å². The summed E-state index contributed by atoms with van der Waals surface area (Å²) >= 11 is 0. The fourth-order valence-electron chi connectivity index (χ4n) is 2.67. The first-order valence-corrected chi connectivity index (χ1v) is 6.14. The van der Waals surface area contributed by atoms with Crippen molar-refractivity contribution in [3.05, 3.63) is 0 Å². The van der Waals surface area contributed by atoms with E-state index in [2.05, 4.69) is 0 Å². The van der Waals surface area contributed by atoms with Gasteiger partial charge < -0.3 is 10.5 Å². The summed E-state index contributed by atoms with van der Waals surface area (Å²) in [6.45, 7) is 0.632. The van der Waals surface area contributed by atoms with E-state index in [9.17, 15) is 4.79 Å². The monoisotopic (exact) mass is 211 g/mol. The maximum atomic E-state index is 11.7. The SMILES string of the molecule is NCC1(CC(=O)OC2CCCC2)CCC1. The number of ether oxygens (including phenoxy) is 1. The van der Waals surface area contributed by atoms with Crippen LogP contribution in [0, 0.1) is 5.41 Å². The summed E-state index contributed by atoms with van der Waals surface area (Å²) in [5.74, 6) is -0.0212. The molecule has 2 aliphatic carbocycles. The Labute approximate surface area is 91.4 Å². The van der Waals surface area contributed by atoms with Gasteiger partial charge in [0.2, 0.25) is 0 Å². The number of hydrogen-bond acceptors (Lipinski definition) is 3. The lowest BCUT2D eigenvalue weighted by Gasteiger charge is -2.40. The van der Waals surface area contributed by atoms with Gasteiger partial charge in [-0.25, -0.2) is 0 Å². The highest BCUT2D eigenvalue weighted by molar-refractivity contribution is 5.70. The Morgan fingerprint density at radius 2 is 1.93 bits per heavy atom. The van der Waals surface area contributed by atoms with Crippen LogP contribution in [0.5, 0.6) is 0 Å². The van der Waals surface area contributed by atoms with Crippen LogP contribution in [-0.4, -0.2) is 18.6 Å². The number of carbonyl (C=O) groups is 1. The van der Waals surface area contributed by atoms with Crippen LogP contribution < -0.4 is 5.73 Å². The predicted octanol–water partition coefficient (Wildman–Crippen LogP) is 1.99. The van der Waals surface area contributed by atoms with Crippen molar-refractivity contribution in [1.29, 1.82) is 0 Å². The average Bonchev–Trinajstić information content (AvgIpc) is 2.64. The molecule has 0 aromatic heterocycles. The average molecular weight is 211 g/mol. The molecule has 0 spiro atoms. The second-order valence-electron chi connectivity index (χ2n) is 5.13. The molecule has 0 unspecified atom stereocenters. The molecular formula is C12H21NO2. The number of hydrogen-bond donors (Lipinski definition) is 1.